The third-order valence-electron chi connectivity index (χ3n) is 1.72. The van der Waals surface area contributed by atoms with Gasteiger partial charge in [-0.2, -0.15) is 4.40 Å². The summed E-state index contributed by atoms with van der Waals surface area (Å²) in [5, 5.41) is 0. The van der Waals surface area contributed by atoms with Crippen LogP contribution in [0.4, 0.5) is 0 Å². The molecule has 0 radical (unpaired) electrons. The van der Waals surface area contributed by atoms with E-state index >= 15 is 0 Å². The quantitative estimate of drug-likeness (QED) is 0.498. The third kappa shape index (κ3) is 0.678. The van der Waals surface area contributed by atoms with E-state index in [1.165, 1.54) is 12.0 Å². The highest BCUT2D eigenvalue weighted by molar-refractivity contribution is 7.88. The van der Waals surface area contributed by atoms with Crippen molar-refractivity contribution in [3.63, 3.8) is 0 Å². The molecule has 1 heterocycles. The van der Waals surface area contributed by atoms with Crippen molar-refractivity contribution in [2.75, 3.05) is 0 Å². The van der Waals surface area contributed by atoms with Crippen LogP contribution in [-0.2, 0) is 11.0 Å². The van der Waals surface area contributed by atoms with Crippen molar-refractivity contribution in [2.24, 2.45) is 4.40 Å². The molecule has 0 aromatic rings. The lowest BCUT2D eigenvalue weighted by atomic mass is 10.3. The zero-order valence-electron chi connectivity index (χ0n) is 4.96. The highest BCUT2D eigenvalue weighted by atomic mass is 32.2. The Bertz CT molecular complexity index is 223. The van der Waals surface area contributed by atoms with Gasteiger partial charge in [0.1, 0.15) is 0 Å². The van der Waals surface area contributed by atoms with E-state index in [2.05, 4.69) is 4.40 Å². The summed E-state index contributed by atoms with van der Waals surface area (Å²) in [6, 6.07) is 0. The molecule has 0 bridgehead atoms. The Morgan fingerprint density at radius 1 is 1.56 bits per heavy atom. The van der Waals surface area contributed by atoms with Crippen LogP contribution in [0.3, 0.4) is 0 Å². The summed E-state index contributed by atoms with van der Waals surface area (Å²) in [6.45, 7) is 0. The first kappa shape index (κ1) is 5.35. The maximum Gasteiger partial charge on any atom is 0.168 e. The molecule has 0 spiro atoms. The summed E-state index contributed by atoms with van der Waals surface area (Å²) in [7, 11) is -0.979. The predicted octanol–water partition coefficient (Wildman–Crippen LogP) is 1.17. The number of allylic oxidation sites excluding steroid dienone is 2. The van der Waals surface area contributed by atoms with Gasteiger partial charge in [-0.05, 0) is 24.8 Å². The Balaban J connectivity index is 2.44. The summed E-state index contributed by atoms with van der Waals surface area (Å²) < 4.78 is 14.7. The second kappa shape index (κ2) is 1.77. The minimum Gasteiger partial charge on any atom is -0.230 e. The Morgan fingerprint density at radius 2 is 2.44 bits per heavy atom. The molecule has 0 amide bonds. The fourth-order valence-corrected chi connectivity index (χ4v) is 2.30. The topological polar surface area (TPSA) is 29.4 Å². The fraction of sp³-hybridized carbons (Fsp3) is 0.500. The van der Waals surface area contributed by atoms with Gasteiger partial charge in [0.2, 0.25) is 0 Å². The first-order chi connectivity index (χ1) is 4.38. The lowest BCUT2D eigenvalue weighted by molar-refractivity contribution is 0.687. The highest BCUT2D eigenvalue weighted by Gasteiger charge is 2.22. The molecule has 1 unspecified atom stereocenters. The van der Waals surface area contributed by atoms with Crippen molar-refractivity contribution in [2.45, 2.75) is 19.3 Å². The molecule has 2 aliphatic rings. The van der Waals surface area contributed by atoms with E-state index in [-0.39, 0.29) is 0 Å². The number of nitrogens with zero attached hydrogens (tertiary/aromatic N) is 1. The van der Waals surface area contributed by atoms with Crippen molar-refractivity contribution >= 4 is 17.2 Å². The summed E-state index contributed by atoms with van der Waals surface area (Å²) in [6.07, 6.45) is 5.02. The SMILES string of the molecule is O=S1N=CC2=C1CCC2. The number of rotatable bonds is 0. The third-order valence-corrected chi connectivity index (χ3v) is 2.91. The van der Waals surface area contributed by atoms with E-state index < -0.39 is 11.0 Å². The van der Waals surface area contributed by atoms with Gasteiger partial charge in [0, 0.05) is 11.1 Å². The Labute approximate surface area is 56.3 Å². The Morgan fingerprint density at radius 3 is 3.22 bits per heavy atom. The van der Waals surface area contributed by atoms with E-state index in [9.17, 15) is 4.21 Å². The van der Waals surface area contributed by atoms with E-state index in [0.717, 1.165) is 17.7 Å². The molecule has 1 aliphatic heterocycles. The zero-order chi connectivity index (χ0) is 6.27. The summed E-state index contributed by atoms with van der Waals surface area (Å²) in [4.78, 5) is 1.08. The first-order valence-electron chi connectivity index (χ1n) is 3.06. The Hall–Kier alpha value is -0.440. The predicted molar refractivity (Wildman–Crippen MR) is 37.5 cm³/mol. The van der Waals surface area contributed by atoms with Crippen LogP contribution < -0.4 is 0 Å². The summed E-state index contributed by atoms with van der Waals surface area (Å²) in [5.41, 5.74) is 1.23. The average molecular weight is 141 g/mol. The lowest BCUT2D eigenvalue weighted by Gasteiger charge is -1.87. The minimum atomic E-state index is -0.979. The van der Waals surface area contributed by atoms with Crippen molar-refractivity contribution in [1.29, 1.82) is 0 Å². The molecule has 0 fully saturated rings. The standard InChI is InChI=1S/C6H7NOS/c8-9-6-3-1-2-5(6)4-7-9/h4H,1-3H2. The molecular formula is C6H7NOS. The molecule has 0 N–H and O–H groups in total. The van der Waals surface area contributed by atoms with Gasteiger partial charge < -0.3 is 0 Å². The molecule has 9 heavy (non-hydrogen) atoms. The second-order valence-corrected chi connectivity index (χ2v) is 3.49. The molecule has 3 heteroatoms. The first-order valence-corrected chi connectivity index (χ1v) is 4.16. The van der Waals surface area contributed by atoms with Crippen LogP contribution in [0.5, 0.6) is 0 Å². The van der Waals surface area contributed by atoms with Crippen LogP contribution in [0.2, 0.25) is 0 Å². The van der Waals surface area contributed by atoms with Gasteiger partial charge >= 0.3 is 0 Å². The van der Waals surface area contributed by atoms with Gasteiger partial charge in [0.05, 0.1) is 0 Å². The van der Waals surface area contributed by atoms with E-state index in [0.29, 0.717) is 0 Å². The second-order valence-electron chi connectivity index (χ2n) is 2.29. The maximum atomic E-state index is 10.9. The van der Waals surface area contributed by atoms with Crippen LogP contribution in [0, 0.1) is 0 Å². The van der Waals surface area contributed by atoms with Gasteiger partial charge in [0.25, 0.3) is 0 Å². The van der Waals surface area contributed by atoms with E-state index in [4.69, 9.17) is 0 Å². The van der Waals surface area contributed by atoms with E-state index in [1.54, 1.807) is 6.21 Å². The molecule has 0 aromatic carbocycles. The van der Waals surface area contributed by atoms with Crippen LogP contribution in [0.15, 0.2) is 14.9 Å². The summed E-state index contributed by atoms with van der Waals surface area (Å²) in [5.74, 6) is 0. The van der Waals surface area contributed by atoms with Crippen molar-refractivity contribution in [3.8, 4) is 0 Å². The smallest absolute Gasteiger partial charge is 0.168 e. The Kier molecular flexibility index (Phi) is 1.05. The number of hydrogen-bond donors (Lipinski definition) is 0. The van der Waals surface area contributed by atoms with Crippen molar-refractivity contribution in [3.05, 3.63) is 10.5 Å². The van der Waals surface area contributed by atoms with Crippen molar-refractivity contribution < 1.29 is 4.21 Å². The van der Waals surface area contributed by atoms with Gasteiger partial charge in [-0.25, -0.2) is 4.21 Å². The van der Waals surface area contributed by atoms with Gasteiger partial charge in [0.15, 0.2) is 11.0 Å². The van der Waals surface area contributed by atoms with Gasteiger partial charge in [-0.1, -0.05) is 0 Å². The van der Waals surface area contributed by atoms with Gasteiger partial charge in [-0.15, -0.1) is 0 Å². The molecule has 1 atom stereocenters. The van der Waals surface area contributed by atoms with Crippen LogP contribution in [-0.4, -0.2) is 10.4 Å². The lowest BCUT2D eigenvalue weighted by Crippen LogP contribution is -1.81. The fourth-order valence-electron chi connectivity index (χ4n) is 1.25. The molecular weight excluding hydrogens is 134 g/mol. The monoisotopic (exact) mass is 141 g/mol. The highest BCUT2D eigenvalue weighted by Crippen LogP contribution is 2.31. The molecule has 0 saturated carbocycles. The molecule has 2 rings (SSSR count). The normalized spacial score (nSPS) is 31.8. The molecule has 1 aliphatic carbocycles. The minimum absolute atomic E-state index is 0.979. The number of hydrogen-bond acceptors (Lipinski definition) is 1. The summed E-state index contributed by atoms with van der Waals surface area (Å²) >= 11 is 0. The molecule has 2 nitrogen and oxygen atoms in total. The van der Waals surface area contributed by atoms with Gasteiger partial charge in [-0.3, -0.25) is 0 Å². The average Bonchev–Trinajstić information content (AvgIpc) is 2.35. The maximum absolute atomic E-state index is 10.9. The van der Waals surface area contributed by atoms with Crippen LogP contribution >= 0.6 is 0 Å². The zero-order valence-corrected chi connectivity index (χ0v) is 5.78. The van der Waals surface area contributed by atoms with E-state index in [1.807, 2.05) is 0 Å². The molecule has 0 saturated heterocycles. The van der Waals surface area contributed by atoms with Crippen molar-refractivity contribution in [1.82, 2.24) is 0 Å². The molecule has 48 valence electrons. The van der Waals surface area contributed by atoms with Crippen LogP contribution in [0.1, 0.15) is 19.3 Å². The van der Waals surface area contributed by atoms with Crippen LogP contribution in [0.25, 0.3) is 0 Å². The largest absolute Gasteiger partial charge is 0.230 e. The molecule has 0 aromatic heterocycles.